The van der Waals surface area contributed by atoms with Gasteiger partial charge in [-0.05, 0) is 19.4 Å². The fourth-order valence-electron chi connectivity index (χ4n) is 1.30. The van der Waals surface area contributed by atoms with Gasteiger partial charge in [0.05, 0.1) is 0 Å². The standard InChI is InChI=1S/C9H21NO3S2/c10-8-6-4-2-1-3-5-7-9-14-15(11,12)13/h1-10H2,(H-,11,12,13)/p+1. The van der Waals surface area contributed by atoms with Crippen LogP contribution < -0.4 is 5.73 Å². The molecular formula is C9H22NO3S2+. The summed E-state index contributed by atoms with van der Waals surface area (Å²) in [5, 5.41) is 0. The van der Waals surface area contributed by atoms with Gasteiger partial charge in [-0.25, -0.2) is 0 Å². The Hall–Kier alpha value is 0.250. The fraction of sp³-hybridized carbons (Fsp3) is 1.00. The highest BCUT2D eigenvalue weighted by Crippen LogP contribution is 2.06. The van der Waals surface area contributed by atoms with Crippen molar-refractivity contribution in [2.45, 2.75) is 44.9 Å². The van der Waals surface area contributed by atoms with Crippen molar-refractivity contribution in [1.82, 2.24) is 0 Å². The summed E-state index contributed by atoms with van der Waals surface area (Å²) in [7, 11) is -2.85. The number of rotatable bonds is 9. The molecule has 0 aliphatic carbocycles. The van der Waals surface area contributed by atoms with Gasteiger partial charge in [0, 0.05) is 6.42 Å². The van der Waals surface area contributed by atoms with Crippen molar-refractivity contribution >= 4 is 19.4 Å². The van der Waals surface area contributed by atoms with Crippen molar-refractivity contribution in [3.63, 3.8) is 0 Å². The first kappa shape index (κ1) is 15.2. The van der Waals surface area contributed by atoms with E-state index in [2.05, 4.69) is 0 Å². The molecule has 92 valence electrons. The van der Waals surface area contributed by atoms with Crippen LogP contribution in [0.15, 0.2) is 0 Å². The van der Waals surface area contributed by atoms with Gasteiger partial charge < -0.3 is 5.73 Å². The molecule has 15 heavy (non-hydrogen) atoms. The number of nitrogens with two attached hydrogens (primary N) is 1. The fourth-order valence-corrected chi connectivity index (χ4v) is 2.84. The zero-order valence-electron chi connectivity index (χ0n) is 9.06. The molecule has 4 nitrogen and oxygen atoms in total. The minimum atomic E-state index is -3.58. The van der Waals surface area contributed by atoms with Gasteiger partial charge in [0.2, 0.25) is 0 Å². The molecule has 0 radical (unpaired) electrons. The molecule has 0 unspecified atom stereocenters. The molecule has 4 N–H and O–H groups in total. The van der Waals surface area contributed by atoms with Crippen LogP contribution in [0.4, 0.5) is 0 Å². The van der Waals surface area contributed by atoms with Gasteiger partial charge in [-0.2, -0.15) is 4.21 Å². The summed E-state index contributed by atoms with van der Waals surface area (Å²) in [5.41, 5.74) is 5.37. The quantitative estimate of drug-likeness (QED) is 0.434. The molecule has 0 atom stereocenters. The topological polar surface area (TPSA) is 83.6 Å². The van der Waals surface area contributed by atoms with Crippen LogP contribution in [0.5, 0.6) is 0 Å². The normalized spacial score (nSPS) is 11.7. The van der Waals surface area contributed by atoms with E-state index in [1.807, 2.05) is 0 Å². The van der Waals surface area contributed by atoms with Crippen molar-refractivity contribution in [3.8, 4) is 0 Å². The number of hydrogen-bond acceptors (Lipinski definition) is 2. The van der Waals surface area contributed by atoms with Crippen LogP contribution in [-0.2, 0) is 19.4 Å². The molecule has 0 bridgehead atoms. The highest BCUT2D eigenvalue weighted by atomic mass is 32.9. The largest absolute Gasteiger partial charge is 0.430 e. The third kappa shape index (κ3) is 14.2. The molecule has 0 spiro atoms. The lowest BCUT2D eigenvalue weighted by molar-refractivity contribution is 0.450. The Labute approximate surface area is 95.9 Å². The van der Waals surface area contributed by atoms with Crippen molar-refractivity contribution in [3.05, 3.63) is 0 Å². The van der Waals surface area contributed by atoms with Gasteiger partial charge in [0.15, 0.2) is 5.75 Å². The van der Waals surface area contributed by atoms with Gasteiger partial charge in [-0.15, -0.1) is 0 Å². The molecule has 0 aromatic heterocycles. The van der Waals surface area contributed by atoms with Crippen molar-refractivity contribution < 1.29 is 13.3 Å². The monoisotopic (exact) mass is 256 g/mol. The first-order chi connectivity index (χ1) is 7.06. The van der Waals surface area contributed by atoms with Crippen LogP contribution in [0, 0.1) is 0 Å². The lowest BCUT2D eigenvalue weighted by Gasteiger charge is -1.97. The second-order valence-corrected chi connectivity index (χ2v) is 7.08. The van der Waals surface area contributed by atoms with Crippen LogP contribution in [0.2, 0.25) is 0 Å². The molecule has 0 saturated heterocycles. The van der Waals surface area contributed by atoms with Crippen LogP contribution in [0.25, 0.3) is 0 Å². The van der Waals surface area contributed by atoms with E-state index in [9.17, 15) is 4.21 Å². The minimum Gasteiger partial charge on any atom is -0.330 e. The maximum Gasteiger partial charge on any atom is 0.430 e. The Kier molecular flexibility index (Phi) is 9.63. The average molecular weight is 256 g/mol. The lowest BCUT2D eigenvalue weighted by Crippen LogP contribution is -1.98. The second kappa shape index (κ2) is 9.47. The second-order valence-electron chi connectivity index (χ2n) is 3.53. The van der Waals surface area contributed by atoms with Crippen LogP contribution >= 0.6 is 0 Å². The molecular weight excluding hydrogens is 234 g/mol. The Morgan fingerprint density at radius 2 is 1.40 bits per heavy atom. The Balaban J connectivity index is 3.16. The van der Waals surface area contributed by atoms with Crippen LogP contribution in [-0.4, -0.2) is 25.6 Å². The van der Waals surface area contributed by atoms with Gasteiger partial charge in [0.1, 0.15) is 0 Å². The smallest absolute Gasteiger partial charge is 0.330 e. The van der Waals surface area contributed by atoms with Gasteiger partial charge in [-0.3, -0.25) is 9.11 Å². The molecule has 0 aliphatic heterocycles. The van der Waals surface area contributed by atoms with Crippen molar-refractivity contribution in [2.75, 3.05) is 12.3 Å². The zero-order chi connectivity index (χ0) is 11.6. The summed E-state index contributed by atoms with van der Waals surface area (Å²) in [5.74, 6) is 0.550. The van der Waals surface area contributed by atoms with Gasteiger partial charge >= 0.3 is 9.05 Å². The van der Waals surface area contributed by atoms with Gasteiger partial charge in [-0.1, -0.05) is 25.7 Å². The molecule has 0 rings (SSSR count). The summed E-state index contributed by atoms with van der Waals surface area (Å²) in [6.45, 7) is 0.776. The minimum absolute atomic E-state index is 0.550. The maximum absolute atomic E-state index is 10.5. The molecule has 0 heterocycles. The third-order valence-corrected chi connectivity index (χ3v) is 4.27. The van der Waals surface area contributed by atoms with Gasteiger partial charge in [0.25, 0.3) is 10.3 Å². The molecule has 0 fully saturated rings. The predicted molar refractivity (Wildman–Crippen MR) is 67.0 cm³/mol. The molecule has 0 aromatic rings. The summed E-state index contributed by atoms with van der Waals surface area (Å²) in [4.78, 5) is 0. The van der Waals surface area contributed by atoms with Crippen molar-refractivity contribution in [2.24, 2.45) is 5.73 Å². The molecule has 0 amide bonds. The molecule has 0 saturated carbocycles. The van der Waals surface area contributed by atoms with Crippen LogP contribution in [0.3, 0.4) is 0 Å². The van der Waals surface area contributed by atoms with E-state index in [1.165, 1.54) is 19.3 Å². The zero-order valence-corrected chi connectivity index (χ0v) is 10.7. The highest BCUT2D eigenvalue weighted by Gasteiger charge is 2.08. The Morgan fingerprint density at radius 3 is 1.87 bits per heavy atom. The first-order valence-electron chi connectivity index (χ1n) is 5.40. The average Bonchev–Trinajstić information content (AvgIpc) is 2.14. The van der Waals surface area contributed by atoms with E-state index >= 15 is 0 Å². The lowest BCUT2D eigenvalue weighted by atomic mass is 10.1. The SMILES string of the molecule is NCCCCCCCCC[S+]=S(=O)(O)O. The maximum atomic E-state index is 10.5. The molecule has 0 aromatic carbocycles. The number of unbranched alkanes of at least 4 members (excludes halogenated alkanes) is 6. The summed E-state index contributed by atoms with van der Waals surface area (Å²) < 4.78 is 27.6. The summed E-state index contributed by atoms with van der Waals surface area (Å²) >= 11 is 0. The Bertz CT molecular complexity index is 242. The van der Waals surface area contributed by atoms with E-state index in [-0.39, 0.29) is 0 Å². The number of hydrogen-bond donors (Lipinski definition) is 3. The molecule has 6 heteroatoms. The predicted octanol–water partition coefficient (Wildman–Crippen LogP) is 1.90. The van der Waals surface area contributed by atoms with E-state index in [1.54, 1.807) is 0 Å². The Morgan fingerprint density at radius 1 is 0.933 bits per heavy atom. The van der Waals surface area contributed by atoms with E-state index in [0.717, 1.165) is 42.5 Å². The van der Waals surface area contributed by atoms with Crippen LogP contribution in [0.1, 0.15) is 44.9 Å². The van der Waals surface area contributed by atoms with E-state index in [0.29, 0.717) is 5.75 Å². The third-order valence-electron chi connectivity index (χ3n) is 2.09. The van der Waals surface area contributed by atoms with E-state index in [4.69, 9.17) is 14.8 Å². The molecule has 0 aliphatic rings. The summed E-state index contributed by atoms with van der Waals surface area (Å²) in [6, 6.07) is 0. The van der Waals surface area contributed by atoms with E-state index < -0.39 is 9.05 Å². The first-order valence-corrected chi connectivity index (χ1v) is 8.37. The summed E-state index contributed by atoms with van der Waals surface area (Å²) in [6.07, 6.45) is 7.84. The highest BCUT2D eigenvalue weighted by molar-refractivity contribution is 8.34. The van der Waals surface area contributed by atoms with Crippen molar-refractivity contribution in [1.29, 1.82) is 0 Å².